The lowest BCUT2D eigenvalue weighted by Gasteiger charge is -2.26. The van der Waals surface area contributed by atoms with E-state index in [0.717, 1.165) is 17.6 Å². The molecule has 198 valence electrons. The van der Waals surface area contributed by atoms with Gasteiger partial charge in [-0.05, 0) is 61.6 Å². The van der Waals surface area contributed by atoms with Crippen molar-refractivity contribution in [1.82, 2.24) is 10.2 Å². The molecule has 0 aliphatic carbocycles. The van der Waals surface area contributed by atoms with E-state index in [0.29, 0.717) is 36.0 Å². The maximum absolute atomic E-state index is 13.3. The largest absolute Gasteiger partial charge is 0.478 e. The first-order valence-corrected chi connectivity index (χ1v) is 12.9. The molecule has 0 bridgehead atoms. The molecule has 0 aromatic heterocycles. The fraction of sp³-hybridized carbons (Fsp3) is 0.333. The number of amides is 3. The highest BCUT2D eigenvalue weighted by molar-refractivity contribution is 6.10. The first-order valence-electron chi connectivity index (χ1n) is 12.9. The van der Waals surface area contributed by atoms with Crippen molar-refractivity contribution in [2.75, 3.05) is 11.9 Å². The third-order valence-corrected chi connectivity index (χ3v) is 7.20. The van der Waals surface area contributed by atoms with Crippen LogP contribution in [0.25, 0.3) is 0 Å². The maximum atomic E-state index is 13.3. The lowest BCUT2D eigenvalue weighted by Crippen LogP contribution is -2.47. The van der Waals surface area contributed by atoms with Crippen molar-refractivity contribution >= 4 is 29.3 Å². The molecule has 1 saturated heterocycles. The van der Waals surface area contributed by atoms with E-state index in [4.69, 9.17) is 5.11 Å². The number of hydrogen-bond acceptors (Lipinski definition) is 4. The Bertz CT molecular complexity index is 1310. The van der Waals surface area contributed by atoms with E-state index in [2.05, 4.69) is 29.5 Å². The minimum atomic E-state index is -0.983. The van der Waals surface area contributed by atoms with Crippen LogP contribution in [0.4, 0.5) is 10.5 Å². The number of aliphatic imine (C=N–C) groups is 1. The summed E-state index contributed by atoms with van der Waals surface area (Å²) in [4.78, 5) is 43.7. The normalized spacial score (nSPS) is 19.3. The summed E-state index contributed by atoms with van der Waals surface area (Å²) in [7, 11) is 0. The summed E-state index contributed by atoms with van der Waals surface area (Å²) in [5.74, 6) is -0.906. The molecular formula is C30H34N4O4. The second-order valence-electron chi connectivity index (χ2n) is 10.1. The first kappa shape index (κ1) is 26.9. The van der Waals surface area contributed by atoms with Crippen LogP contribution in [0.1, 0.15) is 67.9 Å². The van der Waals surface area contributed by atoms with Crippen LogP contribution in [-0.4, -0.2) is 46.2 Å². The van der Waals surface area contributed by atoms with Crippen molar-refractivity contribution in [3.8, 4) is 0 Å². The van der Waals surface area contributed by atoms with Crippen molar-refractivity contribution in [2.45, 2.75) is 52.5 Å². The molecule has 1 unspecified atom stereocenters. The fourth-order valence-electron chi connectivity index (χ4n) is 4.61. The SMILES string of the molecule is CC1=CC(c2ccc(C(=O)O)cc2)=NC=C(NC(=O)[C@H]2CCCN2C(=O)Nc2ccc(C(C)C)cc2)C1C. The number of allylic oxidation sites excluding steroid dienone is 2. The van der Waals surface area contributed by atoms with Crippen molar-refractivity contribution in [1.29, 1.82) is 0 Å². The summed E-state index contributed by atoms with van der Waals surface area (Å²) >= 11 is 0. The summed E-state index contributed by atoms with van der Waals surface area (Å²) in [5.41, 5.74) is 5.22. The molecule has 2 aliphatic heterocycles. The molecule has 38 heavy (non-hydrogen) atoms. The number of nitrogens with zero attached hydrogens (tertiary/aromatic N) is 2. The Morgan fingerprint density at radius 2 is 1.71 bits per heavy atom. The molecule has 0 radical (unpaired) electrons. The van der Waals surface area contributed by atoms with Crippen LogP contribution in [0.5, 0.6) is 0 Å². The molecule has 0 saturated carbocycles. The Labute approximate surface area is 223 Å². The Hall–Kier alpha value is -4.20. The van der Waals surface area contributed by atoms with E-state index in [1.165, 1.54) is 5.56 Å². The molecule has 2 atom stereocenters. The van der Waals surface area contributed by atoms with Crippen LogP contribution < -0.4 is 10.6 Å². The number of carbonyl (C=O) groups is 3. The van der Waals surface area contributed by atoms with Crippen LogP contribution in [0.15, 0.2) is 77.1 Å². The maximum Gasteiger partial charge on any atom is 0.335 e. The van der Waals surface area contributed by atoms with Gasteiger partial charge in [-0.2, -0.15) is 0 Å². The molecule has 8 heteroatoms. The van der Waals surface area contributed by atoms with Crippen LogP contribution in [0.2, 0.25) is 0 Å². The van der Waals surface area contributed by atoms with E-state index >= 15 is 0 Å². The molecule has 2 heterocycles. The van der Waals surface area contributed by atoms with E-state index in [1.54, 1.807) is 35.4 Å². The number of rotatable bonds is 6. The Balaban J connectivity index is 1.46. The highest BCUT2D eigenvalue weighted by Crippen LogP contribution is 2.25. The Morgan fingerprint density at radius 3 is 2.34 bits per heavy atom. The molecule has 0 spiro atoms. The molecule has 4 rings (SSSR count). The predicted molar refractivity (Wildman–Crippen MR) is 148 cm³/mol. The molecule has 2 aromatic carbocycles. The highest BCUT2D eigenvalue weighted by Gasteiger charge is 2.35. The van der Waals surface area contributed by atoms with Crippen molar-refractivity contribution < 1.29 is 19.5 Å². The quantitative estimate of drug-likeness (QED) is 0.469. The van der Waals surface area contributed by atoms with E-state index in [1.807, 2.05) is 44.2 Å². The number of anilines is 1. The molecule has 8 nitrogen and oxygen atoms in total. The van der Waals surface area contributed by atoms with Crippen LogP contribution >= 0.6 is 0 Å². The minimum absolute atomic E-state index is 0.0957. The molecule has 3 amide bonds. The zero-order chi connectivity index (χ0) is 27.4. The molecule has 2 aromatic rings. The summed E-state index contributed by atoms with van der Waals surface area (Å²) in [6.07, 6.45) is 4.92. The van der Waals surface area contributed by atoms with E-state index < -0.39 is 12.0 Å². The summed E-state index contributed by atoms with van der Waals surface area (Å²) in [5, 5.41) is 15.1. The zero-order valence-corrected chi connectivity index (χ0v) is 22.2. The third kappa shape index (κ3) is 6.02. The number of likely N-dealkylation sites (tertiary alicyclic amines) is 1. The summed E-state index contributed by atoms with van der Waals surface area (Å²) in [6, 6.07) is 13.4. The average Bonchev–Trinajstić information content (AvgIpc) is 3.35. The van der Waals surface area contributed by atoms with Gasteiger partial charge in [0.15, 0.2) is 0 Å². The van der Waals surface area contributed by atoms with Gasteiger partial charge >= 0.3 is 12.0 Å². The Morgan fingerprint density at radius 1 is 1.03 bits per heavy atom. The molecule has 2 aliphatic rings. The molecule has 3 N–H and O–H groups in total. The van der Waals surface area contributed by atoms with Gasteiger partial charge in [0.2, 0.25) is 5.91 Å². The monoisotopic (exact) mass is 514 g/mol. The van der Waals surface area contributed by atoms with Gasteiger partial charge in [0, 0.05) is 35.6 Å². The number of urea groups is 1. The van der Waals surface area contributed by atoms with E-state index in [9.17, 15) is 14.4 Å². The molecule has 1 fully saturated rings. The Kier molecular flexibility index (Phi) is 8.10. The lowest BCUT2D eigenvalue weighted by atomic mass is 9.97. The summed E-state index contributed by atoms with van der Waals surface area (Å²) < 4.78 is 0. The predicted octanol–water partition coefficient (Wildman–Crippen LogP) is 5.55. The number of carboxylic acid groups (broad SMARTS) is 1. The number of aromatic carboxylic acids is 1. The van der Waals surface area contributed by atoms with Gasteiger partial charge in [0.1, 0.15) is 6.04 Å². The van der Waals surface area contributed by atoms with Gasteiger partial charge in [-0.3, -0.25) is 9.79 Å². The third-order valence-electron chi connectivity index (χ3n) is 7.20. The fourth-order valence-corrected chi connectivity index (χ4v) is 4.61. The van der Waals surface area contributed by atoms with Gasteiger partial charge in [-0.25, -0.2) is 9.59 Å². The highest BCUT2D eigenvalue weighted by atomic mass is 16.4. The van der Waals surface area contributed by atoms with Crippen LogP contribution in [-0.2, 0) is 4.79 Å². The smallest absolute Gasteiger partial charge is 0.335 e. The second-order valence-corrected chi connectivity index (χ2v) is 10.1. The molecular weight excluding hydrogens is 480 g/mol. The number of carbonyl (C=O) groups excluding carboxylic acids is 2. The first-order chi connectivity index (χ1) is 18.1. The standard InChI is InChI=1S/C30H34N4O4/c1-18(2)21-11-13-24(14-12-21)32-30(38)34-15-5-6-27(34)28(35)33-26-17-31-25(16-19(3)20(26)4)22-7-9-23(10-8-22)29(36)37/h7-14,16-18,20,27H,5-6,15H2,1-4H3,(H,32,38)(H,33,35)(H,36,37)/t20?,27-/m1/s1. The lowest BCUT2D eigenvalue weighted by molar-refractivity contribution is -0.124. The minimum Gasteiger partial charge on any atom is -0.478 e. The van der Waals surface area contributed by atoms with Gasteiger partial charge in [-0.15, -0.1) is 0 Å². The number of benzene rings is 2. The van der Waals surface area contributed by atoms with Gasteiger partial charge in [0.25, 0.3) is 0 Å². The second kappa shape index (κ2) is 11.5. The van der Waals surface area contributed by atoms with Gasteiger partial charge in [0.05, 0.1) is 11.3 Å². The van der Waals surface area contributed by atoms with Crippen LogP contribution in [0.3, 0.4) is 0 Å². The van der Waals surface area contributed by atoms with Crippen LogP contribution in [0, 0.1) is 5.92 Å². The van der Waals surface area contributed by atoms with Crippen molar-refractivity contribution in [3.05, 3.63) is 88.8 Å². The topological polar surface area (TPSA) is 111 Å². The zero-order valence-electron chi connectivity index (χ0n) is 22.2. The van der Waals surface area contributed by atoms with Gasteiger partial charge in [-0.1, -0.05) is 50.6 Å². The summed E-state index contributed by atoms with van der Waals surface area (Å²) in [6.45, 7) is 8.71. The number of carboxylic acids is 1. The average molecular weight is 515 g/mol. The number of nitrogens with one attached hydrogen (secondary N) is 2. The van der Waals surface area contributed by atoms with Crippen molar-refractivity contribution in [3.63, 3.8) is 0 Å². The van der Waals surface area contributed by atoms with Crippen molar-refractivity contribution in [2.24, 2.45) is 10.9 Å². The van der Waals surface area contributed by atoms with Gasteiger partial charge < -0.3 is 20.6 Å². The van der Waals surface area contributed by atoms with E-state index in [-0.39, 0.29) is 23.4 Å². The number of hydrogen-bond donors (Lipinski definition) is 3.